The molecule has 170 valence electrons. The highest BCUT2D eigenvalue weighted by Crippen LogP contribution is 2.38. The lowest BCUT2D eigenvalue weighted by atomic mass is 10.1. The number of hydrogen-bond acceptors (Lipinski definition) is 5. The third kappa shape index (κ3) is 6.08. The molecule has 1 aliphatic carbocycles. The van der Waals surface area contributed by atoms with E-state index in [0.29, 0.717) is 17.2 Å². The summed E-state index contributed by atoms with van der Waals surface area (Å²) in [5.74, 6) is 1.19. The molecule has 1 aliphatic rings. The molecule has 1 unspecified atom stereocenters. The third-order valence-electron chi connectivity index (χ3n) is 5.26. The van der Waals surface area contributed by atoms with Crippen LogP contribution in [0.3, 0.4) is 0 Å². The Morgan fingerprint density at radius 2 is 1.55 bits per heavy atom. The highest BCUT2D eigenvalue weighted by Gasteiger charge is 2.29. The van der Waals surface area contributed by atoms with Gasteiger partial charge in [-0.25, -0.2) is 0 Å². The second-order valence-corrected chi connectivity index (χ2v) is 8.97. The van der Waals surface area contributed by atoms with Crippen LogP contribution < -0.4 is 20.1 Å². The molecule has 0 spiro atoms. The van der Waals surface area contributed by atoms with Gasteiger partial charge in [0.15, 0.2) is 0 Å². The Kier molecular flexibility index (Phi) is 7.19. The smallest absolute Gasteiger partial charge is 0.242 e. The van der Waals surface area contributed by atoms with Crippen molar-refractivity contribution in [3.05, 3.63) is 78.4 Å². The summed E-state index contributed by atoms with van der Waals surface area (Å²) in [6, 6.07) is 22.5. The van der Waals surface area contributed by atoms with Gasteiger partial charge in [0.05, 0.1) is 14.2 Å². The van der Waals surface area contributed by atoms with Crippen molar-refractivity contribution >= 4 is 35.0 Å². The minimum Gasteiger partial charge on any atom is -0.497 e. The number of nitrogens with one attached hydrogen (secondary N) is 2. The Bertz CT molecular complexity index is 1110. The van der Waals surface area contributed by atoms with Crippen LogP contribution in [0.2, 0.25) is 0 Å². The molecule has 0 aromatic heterocycles. The monoisotopic (exact) mass is 462 g/mol. The maximum Gasteiger partial charge on any atom is 0.242 e. The zero-order chi connectivity index (χ0) is 23.2. The van der Waals surface area contributed by atoms with Crippen LogP contribution in [-0.2, 0) is 9.59 Å². The fourth-order valence-electron chi connectivity index (χ4n) is 3.36. The SMILES string of the molecule is COc1cc(NC(=O)C(Sc2cccc(NC(=O)C3CC3)c2)c2ccccc2)cc(OC)c1. The Balaban J connectivity index is 1.56. The van der Waals surface area contributed by atoms with Crippen molar-refractivity contribution in [3.8, 4) is 11.5 Å². The lowest BCUT2D eigenvalue weighted by Gasteiger charge is -2.18. The van der Waals surface area contributed by atoms with Gasteiger partial charge in [-0.15, -0.1) is 11.8 Å². The molecule has 1 fully saturated rings. The second-order valence-electron chi connectivity index (χ2n) is 7.79. The van der Waals surface area contributed by atoms with Gasteiger partial charge >= 0.3 is 0 Å². The number of amides is 2. The molecule has 3 aromatic rings. The molecule has 33 heavy (non-hydrogen) atoms. The van der Waals surface area contributed by atoms with Crippen LogP contribution in [0.15, 0.2) is 77.7 Å². The summed E-state index contributed by atoms with van der Waals surface area (Å²) in [5.41, 5.74) is 2.20. The van der Waals surface area contributed by atoms with E-state index < -0.39 is 5.25 Å². The molecule has 2 amide bonds. The molecule has 1 atom stereocenters. The summed E-state index contributed by atoms with van der Waals surface area (Å²) < 4.78 is 10.6. The number of methoxy groups -OCH3 is 2. The molecule has 4 rings (SSSR count). The quantitative estimate of drug-likeness (QED) is 0.409. The molecular weight excluding hydrogens is 436 g/mol. The van der Waals surface area contributed by atoms with Crippen molar-refractivity contribution in [1.82, 2.24) is 0 Å². The number of ether oxygens (including phenoxy) is 2. The highest BCUT2D eigenvalue weighted by atomic mass is 32.2. The minimum absolute atomic E-state index is 0.0569. The average molecular weight is 463 g/mol. The number of thioether (sulfide) groups is 1. The molecule has 6 nitrogen and oxygen atoms in total. The van der Waals surface area contributed by atoms with Gasteiger partial charge in [0.2, 0.25) is 11.8 Å². The number of rotatable bonds is 9. The molecule has 0 aliphatic heterocycles. The first-order valence-corrected chi connectivity index (χ1v) is 11.6. The van der Waals surface area contributed by atoms with Crippen molar-refractivity contribution < 1.29 is 19.1 Å². The van der Waals surface area contributed by atoms with E-state index in [1.54, 1.807) is 32.4 Å². The summed E-state index contributed by atoms with van der Waals surface area (Å²) in [7, 11) is 3.13. The summed E-state index contributed by atoms with van der Waals surface area (Å²) >= 11 is 1.43. The van der Waals surface area contributed by atoms with Crippen LogP contribution in [0.4, 0.5) is 11.4 Å². The fourth-order valence-corrected chi connectivity index (χ4v) is 4.44. The summed E-state index contributed by atoms with van der Waals surface area (Å²) in [4.78, 5) is 26.4. The largest absolute Gasteiger partial charge is 0.497 e. The number of benzene rings is 3. The van der Waals surface area contributed by atoms with Crippen molar-refractivity contribution in [1.29, 1.82) is 0 Å². The van der Waals surface area contributed by atoms with Gasteiger partial charge < -0.3 is 20.1 Å². The molecule has 7 heteroatoms. The highest BCUT2D eigenvalue weighted by molar-refractivity contribution is 8.00. The van der Waals surface area contributed by atoms with E-state index in [-0.39, 0.29) is 17.7 Å². The summed E-state index contributed by atoms with van der Waals surface area (Å²) in [5, 5.41) is 5.46. The Morgan fingerprint density at radius 3 is 2.18 bits per heavy atom. The van der Waals surface area contributed by atoms with Crippen LogP contribution in [0.1, 0.15) is 23.7 Å². The first-order valence-electron chi connectivity index (χ1n) is 10.7. The molecule has 1 saturated carbocycles. The van der Waals surface area contributed by atoms with Gasteiger partial charge in [-0.3, -0.25) is 9.59 Å². The zero-order valence-corrected chi connectivity index (χ0v) is 19.4. The molecule has 3 aromatic carbocycles. The predicted octanol–water partition coefficient (Wildman–Crippen LogP) is 5.52. The minimum atomic E-state index is -0.502. The second kappa shape index (κ2) is 10.4. The molecule has 0 radical (unpaired) electrons. The van der Waals surface area contributed by atoms with E-state index in [9.17, 15) is 9.59 Å². The average Bonchev–Trinajstić information content (AvgIpc) is 3.69. The maximum atomic E-state index is 13.4. The van der Waals surface area contributed by atoms with Crippen LogP contribution in [0.25, 0.3) is 0 Å². The zero-order valence-electron chi connectivity index (χ0n) is 18.5. The van der Waals surface area contributed by atoms with E-state index in [1.165, 1.54) is 11.8 Å². The van der Waals surface area contributed by atoms with Crippen LogP contribution in [-0.4, -0.2) is 26.0 Å². The fraction of sp³-hybridized carbons (Fsp3) is 0.231. The van der Waals surface area contributed by atoms with E-state index in [4.69, 9.17) is 9.47 Å². The predicted molar refractivity (Wildman–Crippen MR) is 131 cm³/mol. The number of carbonyl (C=O) groups is 2. The van der Waals surface area contributed by atoms with Crippen LogP contribution in [0, 0.1) is 5.92 Å². The Morgan fingerprint density at radius 1 is 0.848 bits per heavy atom. The number of carbonyl (C=O) groups excluding carboxylic acids is 2. The third-order valence-corrected chi connectivity index (χ3v) is 6.51. The van der Waals surface area contributed by atoms with E-state index >= 15 is 0 Å². The van der Waals surface area contributed by atoms with E-state index in [2.05, 4.69) is 10.6 Å². The van der Waals surface area contributed by atoms with Crippen molar-refractivity contribution in [2.75, 3.05) is 24.9 Å². The van der Waals surface area contributed by atoms with Gasteiger partial charge in [0.1, 0.15) is 16.7 Å². The van der Waals surface area contributed by atoms with E-state index in [1.807, 2.05) is 54.6 Å². The lowest BCUT2D eigenvalue weighted by Crippen LogP contribution is -2.19. The van der Waals surface area contributed by atoms with Crippen molar-refractivity contribution in [3.63, 3.8) is 0 Å². The summed E-state index contributed by atoms with van der Waals surface area (Å²) in [6.07, 6.45) is 1.90. The van der Waals surface area contributed by atoms with Gasteiger partial charge in [-0.2, -0.15) is 0 Å². The Hall–Kier alpha value is -3.45. The molecule has 0 heterocycles. The van der Waals surface area contributed by atoms with Gasteiger partial charge in [0.25, 0.3) is 0 Å². The van der Waals surface area contributed by atoms with Crippen molar-refractivity contribution in [2.24, 2.45) is 5.92 Å². The van der Waals surface area contributed by atoms with Gasteiger partial charge in [-0.1, -0.05) is 36.4 Å². The van der Waals surface area contributed by atoms with Gasteiger partial charge in [0, 0.05) is 40.4 Å². The Labute approximate surface area is 197 Å². The molecular formula is C26H26N2O4S. The molecule has 2 N–H and O–H groups in total. The number of anilines is 2. The first-order chi connectivity index (χ1) is 16.1. The standard InChI is InChI=1S/C26H26N2O4S/c1-31-21-13-20(14-22(16-21)32-2)28-26(30)24(17-7-4-3-5-8-17)33-23-10-6-9-19(15-23)27-25(29)18-11-12-18/h3-10,13-16,18,24H,11-12H2,1-2H3,(H,27,29)(H,28,30). The topological polar surface area (TPSA) is 76.7 Å². The van der Waals surface area contributed by atoms with Crippen LogP contribution >= 0.6 is 11.8 Å². The molecule has 0 saturated heterocycles. The number of hydrogen-bond donors (Lipinski definition) is 2. The van der Waals surface area contributed by atoms with Crippen molar-refractivity contribution in [2.45, 2.75) is 23.0 Å². The molecule has 0 bridgehead atoms. The van der Waals surface area contributed by atoms with Gasteiger partial charge in [-0.05, 0) is 36.6 Å². The van der Waals surface area contributed by atoms with E-state index in [0.717, 1.165) is 29.0 Å². The van der Waals surface area contributed by atoms with Crippen LogP contribution in [0.5, 0.6) is 11.5 Å². The summed E-state index contributed by atoms with van der Waals surface area (Å²) in [6.45, 7) is 0. The first kappa shape index (κ1) is 22.7. The maximum absolute atomic E-state index is 13.4. The lowest BCUT2D eigenvalue weighted by molar-refractivity contribution is -0.117. The normalized spacial score (nSPS) is 13.6.